The van der Waals surface area contributed by atoms with E-state index in [0.717, 1.165) is 12.1 Å². The van der Waals surface area contributed by atoms with Crippen LogP contribution in [0.25, 0.3) is 0 Å². The summed E-state index contributed by atoms with van der Waals surface area (Å²) in [5.41, 5.74) is 5.80. The van der Waals surface area contributed by atoms with Crippen molar-refractivity contribution in [3.63, 3.8) is 0 Å². The molecule has 0 heterocycles. The molecule has 0 amide bonds. The van der Waals surface area contributed by atoms with Crippen LogP contribution in [0.3, 0.4) is 0 Å². The lowest BCUT2D eigenvalue weighted by Gasteiger charge is -2.14. The lowest BCUT2D eigenvalue weighted by molar-refractivity contribution is -0.137. The first-order valence-electron chi connectivity index (χ1n) is 6.55. The largest absolute Gasteiger partial charge is 0.492 e. The van der Waals surface area contributed by atoms with Crippen LogP contribution in [0, 0.1) is 0 Å². The van der Waals surface area contributed by atoms with Gasteiger partial charge in [0.2, 0.25) is 0 Å². The van der Waals surface area contributed by atoms with E-state index in [1.165, 1.54) is 6.07 Å². The average Bonchev–Trinajstić information content (AvgIpc) is 2.46. The summed E-state index contributed by atoms with van der Waals surface area (Å²) < 4.78 is 43.3. The van der Waals surface area contributed by atoms with Gasteiger partial charge in [-0.2, -0.15) is 13.2 Å². The van der Waals surface area contributed by atoms with E-state index in [9.17, 15) is 13.2 Å². The van der Waals surface area contributed by atoms with Crippen molar-refractivity contribution in [1.29, 1.82) is 0 Å². The Kier molecular flexibility index (Phi) is 4.85. The van der Waals surface area contributed by atoms with Crippen LogP contribution >= 0.6 is 0 Å². The zero-order valence-electron chi connectivity index (χ0n) is 11.3. The van der Waals surface area contributed by atoms with E-state index in [0.29, 0.717) is 17.7 Å². The van der Waals surface area contributed by atoms with Gasteiger partial charge in [-0.05, 0) is 30.2 Å². The maximum Gasteiger partial charge on any atom is 0.416 e. The number of nitrogens with two attached hydrogens (primary N) is 1. The topological polar surface area (TPSA) is 35.2 Å². The monoisotopic (exact) mass is 295 g/mol. The summed E-state index contributed by atoms with van der Waals surface area (Å²) in [5, 5.41) is 0. The molecule has 0 saturated carbocycles. The van der Waals surface area contributed by atoms with Crippen LogP contribution in [0.4, 0.5) is 13.2 Å². The van der Waals surface area contributed by atoms with Gasteiger partial charge >= 0.3 is 6.18 Å². The molecular weight excluding hydrogens is 279 g/mol. The number of hydrogen-bond acceptors (Lipinski definition) is 2. The Labute approximate surface area is 121 Å². The van der Waals surface area contributed by atoms with Gasteiger partial charge in [0.05, 0.1) is 5.56 Å². The van der Waals surface area contributed by atoms with E-state index >= 15 is 0 Å². The summed E-state index contributed by atoms with van der Waals surface area (Å²) in [4.78, 5) is 0. The summed E-state index contributed by atoms with van der Waals surface area (Å²) in [6.07, 6.45) is -4.00. The third-order valence-corrected chi connectivity index (χ3v) is 2.96. The highest BCUT2D eigenvalue weighted by molar-refractivity contribution is 5.26. The lowest BCUT2D eigenvalue weighted by Crippen LogP contribution is -2.30. The number of alkyl halides is 3. The first-order valence-corrected chi connectivity index (χ1v) is 6.55. The van der Waals surface area contributed by atoms with Gasteiger partial charge in [-0.3, -0.25) is 0 Å². The van der Waals surface area contributed by atoms with E-state index in [1.807, 2.05) is 18.2 Å². The van der Waals surface area contributed by atoms with Crippen molar-refractivity contribution in [2.75, 3.05) is 6.61 Å². The standard InChI is InChI=1S/C16H16F3NO/c17-16(18,19)13-6-4-5-12(9-13)10-14(20)11-21-15-7-2-1-3-8-15/h1-9,14H,10-11,20H2. The molecule has 21 heavy (non-hydrogen) atoms. The molecule has 1 unspecified atom stereocenters. The number of halogens is 3. The molecule has 112 valence electrons. The molecule has 2 N–H and O–H groups in total. The quantitative estimate of drug-likeness (QED) is 0.913. The molecule has 0 radical (unpaired) electrons. The second-order valence-corrected chi connectivity index (χ2v) is 4.79. The number of rotatable bonds is 5. The normalized spacial score (nSPS) is 13.0. The fourth-order valence-electron chi connectivity index (χ4n) is 1.96. The Balaban J connectivity index is 1.92. The summed E-state index contributed by atoms with van der Waals surface area (Å²) in [6, 6.07) is 14.0. The summed E-state index contributed by atoms with van der Waals surface area (Å²) >= 11 is 0. The minimum absolute atomic E-state index is 0.250. The van der Waals surface area contributed by atoms with E-state index in [-0.39, 0.29) is 12.6 Å². The summed E-state index contributed by atoms with van der Waals surface area (Å²) in [5.74, 6) is 0.692. The van der Waals surface area contributed by atoms with E-state index in [1.54, 1.807) is 18.2 Å². The van der Waals surface area contributed by atoms with Gasteiger partial charge in [-0.25, -0.2) is 0 Å². The molecule has 2 nitrogen and oxygen atoms in total. The van der Waals surface area contributed by atoms with Crippen molar-refractivity contribution in [2.24, 2.45) is 5.73 Å². The van der Waals surface area contributed by atoms with Crippen LogP contribution in [0.15, 0.2) is 54.6 Å². The number of ether oxygens (including phenoxy) is 1. The van der Waals surface area contributed by atoms with Gasteiger partial charge < -0.3 is 10.5 Å². The predicted octanol–water partition coefficient (Wildman–Crippen LogP) is 3.65. The maximum absolute atomic E-state index is 12.6. The SMILES string of the molecule is NC(COc1ccccc1)Cc1cccc(C(F)(F)F)c1. The molecule has 0 bridgehead atoms. The van der Waals surface area contributed by atoms with Crippen LogP contribution in [0.2, 0.25) is 0 Å². The Morgan fingerprint density at radius 2 is 1.71 bits per heavy atom. The molecule has 0 aliphatic carbocycles. The Hall–Kier alpha value is -2.01. The zero-order chi connectivity index (χ0) is 15.3. The minimum Gasteiger partial charge on any atom is -0.492 e. The van der Waals surface area contributed by atoms with Crippen LogP contribution < -0.4 is 10.5 Å². The number of para-hydroxylation sites is 1. The van der Waals surface area contributed by atoms with Gasteiger partial charge in [-0.15, -0.1) is 0 Å². The molecule has 2 aromatic rings. The molecule has 0 aliphatic rings. The van der Waals surface area contributed by atoms with E-state index in [2.05, 4.69) is 0 Å². The average molecular weight is 295 g/mol. The van der Waals surface area contributed by atoms with Crippen LogP contribution in [-0.2, 0) is 12.6 Å². The van der Waals surface area contributed by atoms with Gasteiger partial charge in [0.1, 0.15) is 12.4 Å². The Bertz CT molecular complexity index is 569. The van der Waals surface area contributed by atoms with Gasteiger partial charge in [-0.1, -0.05) is 36.4 Å². The number of benzene rings is 2. The van der Waals surface area contributed by atoms with E-state index in [4.69, 9.17) is 10.5 Å². The van der Waals surface area contributed by atoms with Crippen molar-refractivity contribution >= 4 is 0 Å². The first kappa shape index (κ1) is 15.4. The third-order valence-electron chi connectivity index (χ3n) is 2.96. The van der Waals surface area contributed by atoms with Crippen molar-refractivity contribution in [1.82, 2.24) is 0 Å². The van der Waals surface area contributed by atoms with Gasteiger partial charge in [0.25, 0.3) is 0 Å². The second kappa shape index (κ2) is 6.63. The Morgan fingerprint density at radius 1 is 1.00 bits per heavy atom. The van der Waals surface area contributed by atoms with Crippen LogP contribution in [0.1, 0.15) is 11.1 Å². The van der Waals surface area contributed by atoms with Crippen LogP contribution in [-0.4, -0.2) is 12.6 Å². The first-order chi connectivity index (χ1) is 9.95. The molecular formula is C16H16F3NO. The molecule has 0 aliphatic heterocycles. The maximum atomic E-state index is 12.6. The third kappa shape index (κ3) is 4.79. The lowest BCUT2D eigenvalue weighted by atomic mass is 10.0. The highest BCUT2D eigenvalue weighted by atomic mass is 19.4. The van der Waals surface area contributed by atoms with Gasteiger partial charge in [0, 0.05) is 6.04 Å². The summed E-state index contributed by atoms with van der Waals surface area (Å²) in [6.45, 7) is 0.250. The fourth-order valence-corrected chi connectivity index (χ4v) is 1.96. The molecule has 2 aromatic carbocycles. The molecule has 5 heteroatoms. The van der Waals surface area contributed by atoms with Crippen molar-refractivity contribution in [3.05, 3.63) is 65.7 Å². The Morgan fingerprint density at radius 3 is 2.38 bits per heavy atom. The van der Waals surface area contributed by atoms with Crippen molar-refractivity contribution < 1.29 is 17.9 Å². The fraction of sp³-hybridized carbons (Fsp3) is 0.250. The van der Waals surface area contributed by atoms with E-state index < -0.39 is 11.7 Å². The van der Waals surface area contributed by atoms with Crippen molar-refractivity contribution in [2.45, 2.75) is 18.6 Å². The van der Waals surface area contributed by atoms with Crippen LogP contribution in [0.5, 0.6) is 5.75 Å². The zero-order valence-corrected chi connectivity index (χ0v) is 11.3. The molecule has 0 fully saturated rings. The van der Waals surface area contributed by atoms with Gasteiger partial charge in [0.15, 0.2) is 0 Å². The highest BCUT2D eigenvalue weighted by Crippen LogP contribution is 2.29. The molecule has 0 saturated heterocycles. The molecule has 2 rings (SSSR count). The highest BCUT2D eigenvalue weighted by Gasteiger charge is 2.30. The second-order valence-electron chi connectivity index (χ2n) is 4.79. The minimum atomic E-state index is -4.33. The molecule has 0 aromatic heterocycles. The number of hydrogen-bond donors (Lipinski definition) is 1. The molecule has 1 atom stereocenters. The van der Waals surface area contributed by atoms with Crippen molar-refractivity contribution in [3.8, 4) is 5.75 Å². The predicted molar refractivity (Wildman–Crippen MR) is 75.1 cm³/mol. The molecule has 0 spiro atoms. The summed E-state index contributed by atoms with van der Waals surface area (Å²) in [7, 11) is 0. The smallest absolute Gasteiger partial charge is 0.416 e.